The van der Waals surface area contributed by atoms with Crippen LogP contribution in [0.25, 0.3) is 0 Å². The van der Waals surface area contributed by atoms with E-state index >= 15 is 0 Å². The van der Waals surface area contributed by atoms with Gasteiger partial charge in [-0.05, 0) is 61.6 Å². The number of aryl methyl sites for hydroxylation is 1. The molecular formula is C22H22F3N3O. The Morgan fingerprint density at radius 3 is 2.55 bits per heavy atom. The van der Waals surface area contributed by atoms with Crippen LogP contribution in [-0.2, 0) is 18.1 Å². The van der Waals surface area contributed by atoms with E-state index in [0.29, 0.717) is 12.5 Å². The molecular weight excluding hydrogens is 379 g/mol. The van der Waals surface area contributed by atoms with E-state index in [2.05, 4.69) is 4.90 Å². The van der Waals surface area contributed by atoms with Crippen molar-refractivity contribution in [1.29, 1.82) is 5.26 Å². The van der Waals surface area contributed by atoms with Crippen LogP contribution in [-0.4, -0.2) is 29.1 Å². The Bertz CT molecular complexity index is 990. The van der Waals surface area contributed by atoms with E-state index in [9.17, 15) is 18.0 Å². The highest BCUT2D eigenvalue weighted by atomic mass is 19.4. The lowest BCUT2D eigenvalue weighted by Gasteiger charge is -2.21. The van der Waals surface area contributed by atoms with Crippen LogP contribution in [0, 0.1) is 17.2 Å². The number of unbranched alkanes of at least 4 members (excludes halogenated alkanes) is 1. The third-order valence-electron chi connectivity index (χ3n) is 6.27. The number of pyridine rings is 1. The molecule has 1 saturated heterocycles. The Morgan fingerprint density at radius 1 is 1.14 bits per heavy atom. The number of nitriles is 1. The van der Waals surface area contributed by atoms with Gasteiger partial charge in [-0.1, -0.05) is 12.1 Å². The highest BCUT2D eigenvalue weighted by Gasteiger charge is 2.60. The number of nitrogens with zero attached hydrogens (tertiary/aromatic N) is 3. The zero-order valence-electron chi connectivity index (χ0n) is 16.0. The molecule has 1 saturated carbocycles. The summed E-state index contributed by atoms with van der Waals surface area (Å²) in [6.45, 7) is 3.35. The molecule has 1 aliphatic carbocycles. The van der Waals surface area contributed by atoms with Crippen molar-refractivity contribution in [2.45, 2.75) is 37.4 Å². The summed E-state index contributed by atoms with van der Waals surface area (Å²) in [5.41, 5.74) is 0.338. The highest BCUT2D eigenvalue weighted by molar-refractivity contribution is 5.39. The number of halogens is 3. The van der Waals surface area contributed by atoms with Gasteiger partial charge in [0.1, 0.15) is 11.6 Å². The molecule has 7 heteroatoms. The van der Waals surface area contributed by atoms with Crippen LogP contribution < -0.4 is 5.56 Å². The van der Waals surface area contributed by atoms with Crippen molar-refractivity contribution in [2.24, 2.45) is 5.92 Å². The van der Waals surface area contributed by atoms with E-state index in [4.69, 9.17) is 5.26 Å². The quantitative estimate of drug-likeness (QED) is 0.692. The summed E-state index contributed by atoms with van der Waals surface area (Å²) in [7, 11) is 0. The van der Waals surface area contributed by atoms with Crippen LogP contribution in [0.2, 0.25) is 0 Å². The first kappa shape index (κ1) is 19.7. The molecule has 0 N–H and O–H groups in total. The number of hydrogen-bond donors (Lipinski definition) is 0. The Balaban J connectivity index is 1.29. The molecule has 0 bridgehead atoms. The monoisotopic (exact) mass is 401 g/mol. The first-order valence-electron chi connectivity index (χ1n) is 9.83. The molecule has 0 spiro atoms. The summed E-state index contributed by atoms with van der Waals surface area (Å²) in [5, 5.41) is 8.93. The molecule has 1 aromatic heterocycles. The number of fused-ring (bicyclic) bond motifs is 1. The maximum atomic E-state index is 12.8. The van der Waals surface area contributed by atoms with Gasteiger partial charge in [-0.25, -0.2) is 0 Å². The first-order valence-corrected chi connectivity index (χ1v) is 9.83. The summed E-state index contributed by atoms with van der Waals surface area (Å²) >= 11 is 0. The SMILES string of the molecule is N#Cc1cccn(CCCCN2C[C@@H]3C[C@]3(c3ccc(C(F)(F)F)cc3)C2)c1=O. The topological polar surface area (TPSA) is 49.0 Å². The number of benzene rings is 1. The highest BCUT2D eigenvalue weighted by Crippen LogP contribution is 2.59. The molecule has 4 rings (SSSR count). The van der Waals surface area contributed by atoms with Gasteiger partial charge in [0.05, 0.1) is 5.56 Å². The van der Waals surface area contributed by atoms with Crippen molar-refractivity contribution in [2.75, 3.05) is 19.6 Å². The van der Waals surface area contributed by atoms with E-state index < -0.39 is 11.7 Å². The van der Waals surface area contributed by atoms with Crippen molar-refractivity contribution >= 4 is 0 Å². The van der Waals surface area contributed by atoms with E-state index in [1.54, 1.807) is 29.0 Å². The molecule has 1 aromatic carbocycles. The van der Waals surface area contributed by atoms with Crippen LogP contribution >= 0.6 is 0 Å². The second-order valence-corrected chi connectivity index (χ2v) is 8.11. The van der Waals surface area contributed by atoms with E-state index in [0.717, 1.165) is 44.5 Å². The maximum Gasteiger partial charge on any atom is 0.416 e. The van der Waals surface area contributed by atoms with Gasteiger partial charge in [0.2, 0.25) is 0 Å². The standard InChI is InChI=1S/C22H22F3N3O/c23-22(24,25)18-7-5-17(6-8-18)21-12-19(21)14-27(15-21)9-1-2-10-28-11-3-4-16(13-26)20(28)29/h3-8,11,19H,1-2,9-10,12,14-15H2/t19-,21+/m0/s1. The number of hydrogen-bond acceptors (Lipinski definition) is 3. The third kappa shape index (κ3) is 3.82. The van der Waals surface area contributed by atoms with Crippen molar-refractivity contribution in [3.05, 3.63) is 69.6 Å². The molecule has 2 fully saturated rings. The number of rotatable bonds is 6. The van der Waals surface area contributed by atoms with Gasteiger partial charge in [0.15, 0.2) is 0 Å². The van der Waals surface area contributed by atoms with Crippen LogP contribution in [0.3, 0.4) is 0 Å². The largest absolute Gasteiger partial charge is 0.416 e. The lowest BCUT2D eigenvalue weighted by Crippen LogP contribution is -2.28. The first-order chi connectivity index (χ1) is 13.8. The van der Waals surface area contributed by atoms with E-state index in [-0.39, 0.29) is 16.5 Å². The molecule has 2 heterocycles. The molecule has 2 aromatic rings. The number of aromatic nitrogens is 1. The lowest BCUT2D eigenvalue weighted by atomic mass is 9.94. The molecule has 2 atom stereocenters. The normalized spacial score (nSPS) is 23.6. The van der Waals surface area contributed by atoms with Crippen LogP contribution in [0.5, 0.6) is 0 Å². The molecule has 2 aliphatic rings. The summed E-state index contributed by atoms with van der Waals surface area (Å²) in [5.74, 6) is 0.522. The van der Waals surface area contributed by atoms with Gasteiger partial charge in [0, 0.05) is 31.2 Å². The van der Waals surface area contributed by atoms with Gasteiger partial charge in [-0.15, -0.1) is 0 Å². The zero-order chi connectivity index (χ0) is 20.6. The van der Waals surface area contributed by atoms with Crippen LogP contribution in [0.15, 0.2) is 47.4 Å². The van der Waals surface area contributed by atoms with Crippen molar-refractivity contribution in [3.8, 4) is 6.07 Å². The predicted octanol–water partition coefficient (Wildman–Crippen LogP) is 3.79. The van der Waals surface area contributed by atoms with E-state index in [1.165, 1.54) is 18.2 Å². The van der Waals surface area contributed by atoms with Crippen LogP contribution in [0.1, 0.15) is 36.0 Å². The number of alkyl halides is 3. The Kier molecular flexibility index (Phi) is 4.99. The fraction of sp³-hybridized carbons (Fsp3) is 0.455. The van der Waals surface area contributed by atoms with Crippen molar-refractivity contribution in [3.63, 3.8) is 0 Å². The Hall–Kier alpha value is -2.59. The summed E-state index contributed by atoms with van der Waals surface area (Å²) in [4.78, 5) is 14.4. The smallest absolute Gasteiger partial charge is 0.314 e. The molecule has 29 heavy (non-hydrogen) atoms. The van der Waals surface area contributed by atoms with Crippen molar-refractivity contribution < 1.29 is 13.2 Å². The number of piperidine rings is 1. The summed E-state index contributed by atoms with van der Waals surface area (Å²) in [6.07, 6.45) is 0.219. The second kappa shape index (κ2) is 7.34. The average molecular weight is 401 g/mol. The Morgan fingerprint density at radius 2 is 1.86 bits per heavy atom. The van der Waals surface area contributed by atoms with Crippen LogP contribution in [0.4, 0.5) is 13.2 Å². The van der Waals surface area contributed by atoms with Gasteiger partial charge >= 0.3 is 6.18 Å². The minimum atomic E-state index is -4.30. The number of likely N-dealkylation sites (tertiary alicyclic amines) is 1. The molecule has 152 valence electrons. The van der Waals surface area contributed by atoms with Gasteiger partial charge in [0.25, 0.3) is 5.56 Å². The lowest BCUT2D eigenvalue weighted by molar-refractivity contribution is -0.137. The van der Waals surface area contributed by atoms with Gasteiger partial charge in [-0.3, -0.25) is 4.79 Å². The van der Waals surface area contributed by atoms with Crippen molar-refractivity contribution in [1.82, 2.24) is 9.47 Å². The predicted molar refractivity (Wildman–Crippen MR) is 102 cm³/mol. The molecule has 1 aliphatic heterocycles. The van der Waals surface area contributed by atoms with Gasteiger partial charge < -0.3 is 9.47 Å². The summed E-state index contributed by atoms with van der Waals surface area (Å²) < 4.78 is 39.9. The minimum Gasteiger partial charge on any atom is -0.314 e. The third-order valence-corrected chi connectivity index (χ3v) is 6.27. The molecule has 4 nitrogen and oxygen atoms in total. The maximum absolute atomic E-state index is 12.8. The van der Waals surface area contributed by atoms with Gasteiger partial charge in [-0.2, -0.15) is 18.4 Å². The second-order valence-electron chi connectivity index (χ2n) is 8.11. The fourth-order valence-electron chi connectivity index (χ4n) is 4.61. The zero-order valence-corrected chi connectivity index (χ0v) is 16.0. The molecule has 0 amide bonds. The molecule has 0 unspecified atom stereocenters. The fourth-order valence-corrected chi connectivity index (χ4v) is 4.61. The molecule has 0 radical (unpaired) electrons. The average Bonchev–Trinajstić information content (AvgIpc) is 3.27. The minimum absolute atomic E-state index is 0.0161. The summed E-state index contributed by atoms with van der Waals surface area (Å²) in [6, 6.07) is 10.8. The van der Waals surface area contributed by atoms with E-state index in [1.807, 2.05) is 6.07 Å². The Labute approximate surface area is 167 Å².